The van der Waals surface area contributed by atoms with Crippen molar-refractivity contribution in [3.8, 4) is 0 Å². The molecule has 3 rings (SSSR count). The van der Waals surface area contributed by atoms with E-state index in [1.165, 1.54) is 28.6 Å². The molecule has 0 saturated carbocycles. The van der Waals surface area contributed by atoms with Crippen LogP contribution in [0.5, 0.6) is 0 Å². The van der Waals surface area contributed by atoms with Gasteiger partial charge in [0.1, 0.15) is 6.04 Å². The second kappa shape index (κ2) is 8.03. The van der Waals surface area contributed by atoms with Crippen molar-refractivity contribution < 1.29 is 13.2 Å². The highest BCUT2D eigenvalue weighted by Crippen LogP contribution is 2.23. The van der Waals surface area contributed by atoms with Crippen molar-refractivity contribution in [1.29, 1.82) is 0 Å². The predicted octanol–water partition coefficient (Wildman–Crippen LogP) is 2.93. The van der Waals surface area contributed by atoms with Crippen molar-refractivity contribution in [2.24, 2.45) is 0 Å². The van der Waals surface area contributed by atoms with Gasteiger partial charge >= 0.3 is 0 Å². The van der Waals surface area contributed by atoms with Crippen molar-refractivity contribution in [3.05, 3.63) is 71.3 Å². The predicted molar refractivity (Wildman–Crippen MR) is 102 cm³/mol. The van der Waals surface area contributed by atoms with Gasteiger partial charge in [0.05, 0.1) is 4.90 Å². The Labute approximate surface area is 158 Å². The summed E-state index contributed by atoms with van der Waals surface area (Å²) in [6.07, 6.45) is 4.05. The van der Waals surface area contributed by atoms with E-state index in [2.05, 4.69) is 5.32 Å². The summed E-state index contributed by atoms with van der Waals surface area (Å²) in [5, 5.41) is 3.16. The van der Waals surface area contributed by atoms with Crippen LogP contribution in [-0.2, 0) is 14.8 Å². The van der Waals surface area contributed by atoms with Gasteiger partial charge in [0, 0.05) is 18.1 Å². The molecule has 1 amide bonds. The maximum atomic E-state index is 13.1. The molecule has 1 heterocycles. The second-order valence-corrected chi connectivity index (χ2v) is 8.26. The minimum absolute atomic E-state index is 0.109. The molecule has 5 nitrogen and oxygen atoms in total. The standard InChI is InChI=1S/C19H19ClN2O3S/c20-16-8-10-17(11-9-16)26(24,25)22(18-12-13-21-19(18)23)14-4-7-15-5-2-1-3-6-15/h1-11,18H,12-14H2,(H,21,23). The highest BCUT2D eigenvalue weighted by Gasteiger charge is 2.37. The number of nitrogens with one attached hydrogen (secondary N) is 1. The molecule has 1 saturated heterocycles. The van der Waals surface area contributed by atoms with Gasteiger partial charge in [-0.2, -0.15) is 4.31 Å². The summed E-state index contributed by atoms with van der Waals surface area (Å²) in [6.45, 7) is 0.580. The van der Waals surface area contributed by atoms with Crippen LogP contribution in [-0.4, -0.2) is 37.8 Å². The van der Waals surface area contributed by atoms with Crippen LogP contribution in [0.4, 0.5) is 0 Å². The Hall–Kier alpha value is -2.15. The summed E-state index contributed by atoms with van der Waals surface area (Å²) >= 11 is 5.86. The van der Waals surface area contributed by atoms with Gasteiger partial charge in [-0.15, -0.1) is 0 Å². The molecule has 0 aliphatic carbocycles. The van der Waals surface area contributed by atoms with Crippen LogP contribution in [0.1, 0.15) is 12.0 Å². The topological polar surface area (TPSA) is 66.5 Å². The molecule has 0 aromatic heterocycles. The maximum Gasteiger partial charge on any atom is 0.244 e. The number of carbonyl (C=O) groups excluding carboxylic acids is 1. The summed E-state index contributed by atoms with van der Waals surface area (Å²) < 4.78 is 27.4. The smallest absolute Gasteiger partial charge is 0.244 e. The molecule has 1 aliphatic heterocycles. The molecule has 0 bridgehead atoms. The fourth-order valence-electron chi connectivity index (χ4n) is 2.85. The van der Waals surface area contributed by atoms with E-state index in [1.807, 2.05) is 36.4 Å². The van der Waals surface area contributed by atoms with E-state index < -0.39 is 16.1 Å². The normalized spacial score (nSPS) is 17.8. The van der Waals surface area contributed by atoms with E-state index in [1.54, 1.807) is 6.08 Å². The molecule has 0 radical (unpaired) electrons. The minimum atomic E-state index is -3.83. The zero-order chi connectivity index (χ0) is 18.6. The van der Waals surface area contributed by atoms with Gasteiger partial charge in [-0.1, -0.05) is 54.1 Å². The number of hydrogen-bond acceptors (Lipinski definition) is 3. The quantitative estimate of drug-likeness (QED) is 0.824. The van der Waals surface area contributed by atoms with Crippen LogP contribution in [0.15, 0.2) is 65.6 Å². The molecule has 7 heteroatoms. The van der Waals surface area contributed by atoms with Crippen molar-refractivity contribution in [2.75, 3.05) is 13.1 Å². The summed E-state index contributed by atoms with van der Waals surface area (Å²) in [4.78, 5) is 12.2. The minimum Gasteiger partial charge on any atom is -0.355 e. The Kier molecular flexibility index (Phi) is 5.76. The first-order valence-electron chi connectivity index (χ1n) is 8.25. The van der Waals surface area contributed by atoms with Gasteiger partial charge in [0.25, 0.3) is 0 Å². The Balaban J connectivity index is 1.89. The van der Waals surface area contributed by atoms with Gasteiger partial charge in [-0.25, -0.2) is 8.42 Å². The zero-order valence-electron chi connectivity index (χ0n) is 14.0. The van der Waals surface area contributed by atoms with Gasteiger partial charge in [0.2, 0.25) is 15.9 Å². The van der Waals surface area contributed by atoms with E-state index >= 15 is 0 Å². The molecule has 1 aliphatic rings. The molecule has 1 unspecified atom stereocenters. The highest BCUT2D eigenvalue weighted by molar-refractivity contribution is 7.89. The third-order valence-corrected chi connectivity index (χ3v) is 6.32. The van der Waals surface area contributed by atoms with Crippen molar-refractivity contribution in [1.82, 2.24) is 9.62 Å². The number of amides is 1. The van der Waals surface area contributed by atoms with E-state index in [0.29, 0.717) is 18.0 Å². The van der Waals surface area contributed by atoms with Crippen LogP contribution in [0.3, 0.4) is 0 Å². The zero-order valence-corrected chi connectivity index (χ0v) is 15.6. The average molecular weight is 391 g/mol. The lowest BCUT2D eigenvalue weighted by atomic mass is 10.2. The highest BCUT2D eigenvalue weighted by atomic mass is 35.5. The first-order chi connectivity index (χ1) is 12.5. The summed E-state index contributed by atoms with van der Waals surface area (Å²) in [6, 6.07) is 14.8. The van der Waals surface area contributed by atoms with E-state index in [-0.39, 0.29) is 17.3 Å². The Morgan fingerprint density at radius 1 is 1.12 bits per heavy atom. The fourth-order valence-corrected chi connectivity index (χ4v) is 4.54. The first-order valence-corrected chi connectivity index (χ1v) is 10.1. The first kappa shape index (κ1) is 18.6. The molecule has 1 fully saturated rings. The lowest BCUT2D eigenvalue weighted by Crippen LogP contribution is -2.44. The maximum absolute atomic E-state index is 13.1. The number of sulfonamides is 1. The molecule has 136 valence electrons. The van der Waals surface area contributed by atoms with Crippen LogP contribution < -0.4 is 5.32 Å². The largest absolute Gasteiger partial charge is 0.355 e. The fraction of sp³-hybridized carbons (Fsp3) is 0.211. The van der Waals surface area contributed by atoms with E-state index in [9.17, 15) is 13.2 Å². The SMILES string of the molecule is O=C1NCCC1N(CC=Cc1ccccc1)S(=O)(=O)c1ccc(Cl)cc1. The Morgan fingerprint density at radius 3 is 2.42 bits per heavy atom. The number of nitrogens with zero attached hydrogens (tertiary/aromatic N) is 1. The van der Waals surface area contributed by atoms with Crippen LogP contribution in [0.2, 0.25) is 5.02 Å². The van der Waals surface area contributed by atoms with Crippen LogP contribution in [0, 0.1) is 0 Å². The molecule has 1 atom stereocenters. The molecule has 1 N–H and O–H groups in total. The number of carbonyl (C=O) groups is 1. The van der Waals surface area contributed by atoms with Crippen LogP contribution >= 0.6 is 11.6 Å². The molecule has 0 spiro atoms. The number of halogens is 1. The number of hydrogen-bond donors (Lipinski definition) is 1. The van der Waals surface area contributed by atoms with Crippen molar-refractivity contribution >= 4 is 33.6 Å². The summed E-state index contributed by atoms with van der Waals surface area (Å²) in [5.41, 5.74) is 0.965. The molecular weight excluding hydrogens is 372 g/mol. The lowest BCUT2D eigenvalue weighted by Gasteiger charge is -2.25. The summed E-state index contributed by atoms with van der Waals surface area (Å²) in [7, 11) is -3.83. The Bertz CT molecular complexity index is 896. The van der Waals surface area contributed by atoms with Gasteiger partial charge in [0.15, 0.2) is 0 Å². The van der Waals surface area contributed by atoms with Crippen LogP contribution in [0.25, 0.3) is 6.08 Å². The average Bonchev–Trinajstić information content (AvgIpc) is 3.05. The Morgan fingerprint density at radius 2 is 1.81 bits per heavy atom. The summed E-state index contributed by atoms with van der Waals surface area (Å²) in [5.74, 6) is -0.268. The van der Waals surface area contributed by atoms with Crippen molar-refractivity contribution in [3.63, 3.8) is 0 Å². The lowest BCUT2D eigenvalue weighted by molar-refractivity contribution is -0.122. The van der Waals surface area contributed by atoms with Gasteiger partial charge < -0.3 is 5.32 Å². The molecule has 2 aromatic rings. The van der Waals surface area contributed by atoms with Crippen molar-refractivity contribution in [2.45, 2.75) is 17.4 Å². The molecular formula is C19H19ClN2O3S. The third-order valence-electron chi connectivity index (χ3n) is 4.18. The van der Waals surface area contributed by atoms with Gasteiger partial charge in [-0.3, -0.25) is 4.79 Å². The molecule has 2 aromatic carbocycles. The molecule has 26 heavy (non-hydrogen) atoms. The second-order valence-electron chi connectivity index (χ2n) is 5.94. The number of rotatable bonds is 6. The number of benzene rings is 2. The third kappa shape index (κ3) is 4.15. The van der Waals surface area contributed by atoms with E-state index in [0.717, 1.165) is 5.56 Å². The van der Waals surface area contributed by atoms with Gasteiger partial charge in [-0.05, 0) is 36.2 Å². The monoisotopic (exact) mass is 390 g/mol. The van der Waals surface area contributed by atoms with E-state index in [4.69, 9.17) is 11.6 Å².